The van der Waals surface area contributed by atoms with E-state index in [1.165, 1.54) is 38.5 Å². The zero-order valence-electron chi connectivity index (χ0n) is 23.3. The molecule has 0 bridgehead atoms. The predicted molar refractivity (Wildman–Crippen MR) is 140 cm³/mol. The molecule has 5 fully saturated rings. The second-order valence-corrected chi connectivity index (χ2v) is 13.9. The molecule has 1 aliphatic heterocycles. The molecule has 1 heterocycles. The first kappa shape index (κ1) is 26.9. The minimum absolute atomic E-state index is 0.0247. The number of aliphatic hydroxyl groups excluding tert-OH is 1. The van der Waals surface area contributed by atoms with Crippen molar-refractivity contribution in [1.29, 1.82) is 0 Å². The zero-order valence-corrected chi connectivity index (χ0v) is 23.3. The number of hydrogen-bond donors (Lipinski definition) is 2. The lowest BCUT2D eigenvalue weighted by atomic mass is 9.41. The number of carbonyl (C=O) groups is 1. The summed E-state index contributed by atoms with van der Waals surface area (Å²) in [6.45, 7) is 10.5. The van der Waals surface area contributed by atoms with Gasteiger partial charge in [-0.05, 0) is 123 Å². The van der Waals surface area contributed by atoms with Crippen molar-refractivity contribution >= 4 is 5.97 Å². The second kappa shape index (κ2) is 10.5. The Bertz CT molecular complexity index is 779. The molecule has 4 aliphatic carbocycles. The number of fused-ring (bicyclic) bond motifs is 5. The maximum Gasteiger partial charge on any atom is 0.303 e. The normalized spacial score (nSPS) is 49.5. The summed E-state index contributed by atoms with van der Waals surface area (Å²) in [5.74, 6) is 2.78. The number of rotatable bonds is 7. The standard InChI is InChI=1S/C31H52O5/c1-5-21-25-18-20(36-27-8-6-7-17-35-27)13-15-31(25,4)24-14-16-30(3)22(19(2)9-12-26(32)33)10-11-23(30)28(24)29(21)34/h19-25,27-29,34H,5-18H2,1-4H3,(H,32,33)/t19-,20-,21-,22-,23+,24+,25+,27?,28+,29?,30-,31-/m1/s1. The summed E-state index contributed by atoms with van der Waals surface area (Å²) in [7, 11) is 0. The third-order valence-electron chi connectivity index (χ3n) is 12.4. The molecule has 2 N–H and O–H groups in total. The van der Waals surface area contributed by atoms with E-state index >= 15 is 0 Å². The van der Waals surface area contributed by atoms with Crippen molar-refractivity contribution in [3.63, 3.8) is 0 Å². The van der Waals surface area contributed by atoms with Crippen molar-refractivity contribution in [2.24, 2.45) is 52.3 Å². The quantitative estimate of drug-likeness (QED) is 0.379. The van der Waals surface area contributed by atoms with Gasteiger partial charge in [0.2, 0.25) is 0 Å². The lowest BCUT2D eigenvalue weighted by molar-refractivity contribution is -0.234. The summed E-state index contributed by atoms with van der Waals surface area (Å²) in [6, 6.07) is 0. The van der Waals surface area contributed by atoms with Crippen LogP contribution in [-0.4, -0.2) is 41.3 Å². The number of carboxylic acids is 1. The van der Waals surface area contributed by atoms with Gasteiger partial charge in [0.05, 0.1) is 12.2 Å². The Morgan fingerprint density at radius 3 is 2.47 bits per heavy atom. The van der Waals surface area contributed by atoms with Crippen molar-refractivity contribution in [3.8, 4) is 0 Å². The fourth-order valence-electron chi connectivity index (χ4n) is 10.6. The first-order valence-electron chi connectivity index (χ1n) is 15.4. The molecule has 5 aliphatic rings. The van der Waals surface area contributed by atoms with Gasteiger partial charge in [-0.15, -0.1) is 0 Å². The second-order valence-electron chi connectivity index (χ2n) is 13.9. The van der Waals surface area contributed by atoms with E-state index in [1.807, 2.05) is 0 Å². The molecule has 5 rings (SSSR count). The summed E-state index contributed by atoms with van der Waals surface area (Å²) in [4.78, 5) is 11.2. The highest BCUT2D eigenvalue weighted by Crippen LogP contribution is 2.69. The zero-order chi connectivity index (χ0) is 25.7. The van der Waals surface area contributed by atoms with Crippen LogP contribution in [0.2, 0.25) is 0 Å². The Labute approximate surface area is 219 Å². The lowest BCUT2D eigenvalue weighted by Crippen LogP contribution is -2.62. The number of aliphatic hydroxyl groups is 1. The van der Waals surface area contributed by atoms with E-state index in [0.29, 0.717) is 41.4 Å². The van der Waals surface area contributed by atoms with E-state index < -0.39 is 5.97 Å². The molecule has 0 spiro atoms. The molecular weight excluding hydrogens is 452 g/mol. The molecule has 5 heteroatoms. The van der Waals surface area contributed by atoms with Crippen molar-refractivity contribution in [2.45, 2.75) is 130 Å². The van der Waals surface area contributed by atoms with Gasteiger partial charge in [-0.2, -0.15) is 0 Å². The van der Waals surface area contributed by atoms with Gasteiger partial charge in [0, 0.05) is 13.0 Å². The minimum atomic E-state index is -0.674. The Hall–Kier alpha value is -0.650. The van der Waals surface area contributed by atoms with E-state index in [2.05, 4.69) is 27.7 Å². The first-order chi connectivity index (χ1) is 17.2. The monoisotopic (exact) mass is 504 g/mol. The average Bonchev–Trinajstić information content (AvgIpc) is 3.21. The molecule has 2 unspecified atom stereocenters. The molecule has 1 saturated heterocycles. The number of ether oxygens (including phenoxy) is 2. The van der Waals surface area contributed by atoms with Crippen molar-refractivity contribution in [1.82, 2.24) is 0 Å². The molecule has 36 heavy (non-hydrogen) atoms. The number of carboxylic acid groups (broad SMARTS) is 1. The number of aliphatic carboxylic acids is 1. The molecule has 206 valence electrons. The van der Waals surface area contributed by atoms with Crippen LogP contribution in [0.25, 0.3) is 0 Å². The summed E-state index contributed by atoms with van der Waals surface area (Å²) < 4.78 is 12.4. The number of hydrogen-bond acceptors (Lipinski definition) is 4. The van der Waals surface area contributed by atoms with Crippen molar-refractivity contribution in [2.75, 3.05) is 6.61 Å². The predicted octanol–water partition coefficient (Wildman–Crippen LogP) is 6.66. The smallest absolute Gasteiger partial charge is 0.303 e. The third-order valence-corrected chi connectivity index (χ3v) is 12.4. The molecule has 0 aromatic rings. The Morgan fingerprint density at radius 2 is 1.78 bits per heavy atom. The fraction of sp³-hybridized carbons (Fsp3) is 0.968. The summed E-state index contributed by atoms with van der Waals surface area (Å²) in [5, 5.41) is 21.3. The van der Waals surface area contributed by atoms with E-state index in [1.54, 1.807) is 0 Å². The molecule has 0 amide bonds. The average molecular weight is 505 g/mol. The molecule has 4 saturated carbocycles. The van der Waals surface area contributed by atoms with E-state index in [-0.39, 0.29) is 35.7 Å². The Balaban J connectivity index is 1.34. The fourth-order valence-corrected chi connectivity index (χ4v) is 10.6. The van der Waals surface area contributed by atoms with E-state index in [9.17, 15) is 15.0 Å². The van der Waals surface area contributed by atoms with Crippen molar-refractivity contribution < 1.29 is 24.5 Å². The maximum absolute atomic E-state index is 12.0. The van der Waals surface area contributed by atoms with Crippen LogP contribution in [0.1, 0.15) is 111 Å². The minimum Gasteiger partial charge on any atom is -0.481 e. The van der Waals surface area contributed by atoms with Crippen LogP contribution in [0.4, 0.5) is 0 Å². The van der Waals surface area contributed by atoms with Crippen LogP contribution >= 0.6 is 0 Å². The van der Waals surface area contributed by atoms with Crippen LogP contribution in [0.15, 0.2) is 0 Å². The van der Waals surface area contributed by atoms with Gasteiger partial charge in [-0.3, -0.25) is 4.79 Å². The lowest BCUT2D eigenvalue weighted by Gasteiger charge is -2.65. The first-order valence-corrected chi connectivity index (χ1v) is 15.4. The highest BCUT2D eigenvalue weighted by molar-refractivity contribution is 5.66. The largest absolute Gasteiger partial charge is 0.481 e. The van der Waals surface area contributed by atoms with Gasteiger partial charge >= 0.3 is 5.97 Å². The van der Waals surface area contributed by atoms with Gasteiger partial charge in [-0.1, -0.05) is 34.1 Å². The van der Waals surface area contributed by atoms with Gasteiger partial charge in [0.15, 0.2) is 6.29 Å². The highest BCUT2D eigenvalue weighted by Gasteiger charge is 2.65. The molecule has 12 atom stereocenters. The van der Waals surface area contributed by atoms with Crippen molar-refractivity contribution in [3.05, 3.63) is 0 Å². The van der Waals surface area contributed by atoms with Gasteiger partial charge in [0.25, 0.3) is 0 Å². The molecule has 0 radical (unpaired) electrons. The van der Waals surface area contributed by atoms with Crippen LogP contribution in [0, 0.1) is 52.3 Å². The summed E-state index contributed by atoms with van der Waals surface area (Å²) in [5.41, 5.74) is 0.520. The Kier molecular flexibility index (Phi) is 7.85. The summed E-state index contributed by atoms with van der Waals surface area (Å²) in [6.07, 6.45) is 13.8. The van der Waals surface area contributed by atoms with Gasteiger partial charge < -0.3 is 19.7 Å². The van der Waals surface area contributed by atoms with Crippen LogP contribution in [0.5, 0.6) is 0 Å². The van der Waals surface area contributed by atoms with E-state index in [4.69, 9.17) is 9.47 Å². The SMILES string of the molecule is CC[C@H]1C(O)[C@@H]2[C@H](CC[C@]3(C)[C@@H]([C@H](C)CCC(=O)O)CC[C@@H]23)[C@@]2(C)CC[C@@H](OC3CCCCO3)C[C@@H]12. The Morgan fingerprint density at radius 1 is 1.03 bits per heavy atom. The molecule has 0 aromatic heterocycles. The molecule has 5 nitrogen and oxygen atoms in total. The summed E-state index contributed by atoms with van der Waals surface area (Å²) >= 11 is 0. The third kappa shape index (κ3) is 4.57. The van der Waals surface area contributed by atoms with Crippen LogP contribution in [-0.2, 0) is 14.3 Å². The molecule has 0 aromatic carbocycles. The highest BCUT2D eigenvalue weighted by atomic mass is 16.7. The van der Waals surface area contributed by atoms with Gasteiger partial charge in [-0.25, -0.2) is 0 Å². The maximum atomic E-state index is 12.0. The van der Waals surface area contributed by atoms with Crippen LogP contribution in [0.3, 0.4) is 0 Å². The topological polar surface area (TPSA) is 76.0 Å². The van der Waals surface area contributed by atoms with Crippen LogP contribution < -0.4 is 0 Å². The molecular formula is C31H52O5. The van der Waals surface area contributed by atoms with Gasteiger partial charge in [0.1, 0.15) is 0 Å². The van der Waals surface area contributed by atoms with E-state index in [0.717, 1.165) is 45.1 Å².